The van der Waals surface area contributed by atoms with E-state index in [0.717, 1.165) is 23.6 Å². The van der Waals surface area contributed by atoms with E-state index in [0.29, 0.717) is 11.5 Å². The van der Waals surface area contributed by atoms with Crippen molar-refractivity contribution in [2.45, 2.75) is 57.8 Å². The molecule has 35 heavy (non-hydrogen) atoms. The number of hydrogen-bond donors (Lipinski definition) is 0. The minimum Gasteiger partial charge on any atom is -0.488 e. The highest BCUT2D eigenvalue weighted by Crippen LogP contribution is 2.38. The summed E-state index contributed by atoms with van der Waals surface area (Å²) in [5, 5.41) is 0. The van der Waals surface area contributed by atoms with Crippen LogP contribution in [0.3, 0.4) is 0 Å². The molecule has 0 radical (unpaired) electrons. The van der Waals surface area contributed by atoms with E-state index in [9.17, 15) is 17.6 Å². The van der Waals surface area contributed by atoms with Crippen molar-refractivity contribution in [3.05, 3.63) is 77.6 Å². The van der Waals surface area contributed by atoms with Crippen molar-refractivity contribution in [2.24, 2.45) is 5.92 Å². The fourth-order valence-corrected chi connectivity index (χ4v) is 5.15. The summed E-state index contributed by atoms with van der Waals surface area (Å²) in [6, 6.07) is 15.1. The Hall–Kier alpha value is -2.82. The second kappa shape index (κ2) is 11.7. The van der Waals surface area contributed by atoms with Gasteiger partial charge >= 0.3 is 0 Å². The molecule has 3 aromatic rings. The zero-order valence-corrected chi connectivity index (χ0v) is 20.1. The van der Waals surface area contributed by atoms with Gasteiger partial charge in [0.05, 0.1) is 13.3 Å². The van der Waals surface area contributed by atoms with Crippen LogP contribution in [0.5, 0.6) is 5.75 Å². The van der Waals surface area contributed by atoms with Crippen molar-refractivity contribution in [1.82, 2.24) is 0 Å². The fourth-order valence-electron chi connectivity index (χ4n) is 5.15. The molecule has 0 saturated heterocycles. The predicted octanol–water partition coefficient (Wildman–Crippen LogP) is 9.25. The molecule has 0 spiro atoms. The fraction of sp³-hybridized carbons (Fsp3) is 0.400. The molecule has 1 aliphatic rings. The van der Waals surface area contributed by atoms with Crippen LogP contribution in [-0.4, -0.2) is 13.3 Å². The molecule has 0 amide bonds. The standard InChI is InChI=1S/C30H32F4O/c1-2-4-20-5-7-21(8-6-20)22-9-11-23(12-10-22)24-13-14-26(27(32)17-24)25-18-28(33)30(29(34)19-25)35-16-3-15-31/h9-14,17-21H,2-8,15-16H2,1H3. The molecule has 0 unspecified atom stereocenters. The maximum atomic E-state index is 15.0. The molecule has 186 valence electrons. The lowest BCUT2D eigenvalue weighted by Gasteiger charge is -2.28. The number of halogens is 4. The second-order valence-corrected chi connectivity index (χ2v) is 9.48. The number of alkyl halides is 1. The number of ether oxygens (including phenoxy) is 1. The molecule has 0 N–H and O–H groups in total. The highest BCUT2D eigenvalue weighted by atomic mass is 19.1. The lowest BCUT2D eigenvalue weighted by molar-refractivity contribution is 0.265. The van der Waals surface area contributed by atoms with E-state index in [1.54, 1.807) is 6.07 Å². The van der Waals surface area contributed by atoms with E-state index in [4.69, 9.17) is 4.74 Å². The van der Waals surface area contributed by atoms with E-state index in [1.165, 1.54) is 56.2 Å². The van der Waals surface area contributed by atoms with Gasteiger partial charge in [-0.15, -0.1) is 0 Å². The smallest absolute Gasteiger partial charge is 0.190 e. The summed E-state index contributed by atoms with van der Waals surface area (Å²) < 4.78 is 60.9. The molecular weight excluding hydrogens is 452 g/mol. The maximum absolute atomic E-state index is 15.0. The van der Waals surface area contributed by atoms with Crippen molar-refractivity contribution in [1.29, 1.82) is 0 Å². The molecule has 1 nitrogen and oxygen atoms in total. The highest BCUT2D eigenvalue weighted by molar-refractivity contribution is 5.71. The Morgan fingerprint density at radius 3 is 2.00 bits per heavy atom. The summed E-state index contributed by atoms with van der Waals surface area (Å²) in [5.74, 6) is -1.57. The van der Waals surface area contributed by atoms with Crippen molar-refractivity contribution >= 4 is 0 Å². The zero-order chi connectivity index (χ0) is 24.8. The lowest BCUT2D eigenvalue weighted by atomic mass is 9.77. The van der Waals surface area contributed by atoms with Gasteiger partial charge in [0.1, 0.15) is 5.82 Å². The summed E-state index contributed by atoms with van der Waals surface area (Å²) in [6.45, 7) is 1.48. The van der Waals surface area contributed by atoms with Gasteiger partial charge in [0.2, 0.25) is 0 Å². The van der Waals surface area contributed by atoms with Crippen LogP contribution in [-0.2, 0) is 0 Å². The normalized spacial score (nSPS) is 18.0. The zero-order valence-electron chi connectivity index (χ0n) is 20.1. The van der Waals surface area contributed by atoms with E-state index in [-0.39, 0.29) is 24.2 Å². The van der Waals surface area contributed by atoms with Gasteiger partial charge < -0.3 is 4.74 Å². The van der Waals surface area contributed by atoms with Crippen LogP contribution in [0.1, 0.15) is 63.4 Å². The van der Waals surface area contributed by atoms with Crippen molar-refractivity contribution < 1.29 is 22.3 Å². The Morgan fingerprint density at radius 2 is 1.40 bits per heavy atom. The predicted molar refractivity (Wildman–Crippen MR) is 133 cm³/mol. The molecule has 1 saturated carbocycles. The molecule has 0 atom stereocenters. The van der Waals surface area contributed by atoms with Gasteiger partial charge in [-0.1, -0.05) is 56.2 Å². The first-order valence-corrected chi connectivity index (χ1v) is 12.6. The maximum Gasteiger partial charge on any atom is 0.190 e. The molecule has 0 aliphatic heterocycles. The van der Waals surface area contributed by atoms with Crippen molar-refractivity contribution in [2.75, 3.05) is 13.3 Å². The van der Waals surface area contributed by atoms with E-state index in [1.807, 2.05) is 12.1 Å². The summed E-state index contributed by atoms with van der Waals surface area (Å²) in [6.07, 6.45) is 7.64. The summed E-state index contributed by atoms with van der Waals surface area (Å²) in [7, 11) is 0. The van der Waals surface area contributed by atoms with Crippen LogP contribution in [0, 0.1) is 23.4 Å². The number of benzene rings is 3. The monoisotopic (exact) mass is 484 g/mol. The molecule has 1 fully saturated rings. The van der Waals surface area contributed by atoms with E-state index >= 15 is 0 Å². The summed E-state index contributed by atoms with van der Waals surface area (Å²) in [5.41, 5.74) is 3.11. The van der Waals surface area contributed by atoms with Crippen molar-refractivity contribution in [3.8, 4) is 28.0 Å². The molecule has 3 aromatic carbocycles. The first-order valence-electron chi connectivity index (χ1n) is 12.6. The molecular formula is C30H32F4O. The van der Waals surface area contributed by atoms with Crippen molar-refractivity contribution in [3.63, 3.8) is 0 Å². The average Bonchev–Trinajstić information content (AvgIpc) is 2.86. The molecule has 0 heterocycles. The van der Waals surface area contributed by atoms with Gasteiger partial charge in [-0.25, -0.2) is 13.2 Å². The highest BCUT2D eigenvalue weighted by Gasteiger charge is 2.22. The lowest BCUT2D eigenvalue weighted by Crippen LogP contribution is -2.13. The van der Waals surface area contributed by atoms with Gasteiger partial charge in [-0.3, -0.25) is 4.39 Å². The van der Waals surface area contributed by atoms with E-state index in [2.05, 4.69) is 19.1 Å². The molecule has 0 aromatic heterocycles. The van der Waals surface area contributed by atoms with Crippen LogP contribution in [0.4, 0.5) is 17.6 Å². The van der Waals surface area contributed by atoms with Gasteiger partial charge in [-0.05, 0) is 78.0 Å². The minimum atomic E-state index is -0.943. The first kappa shape index (κ1) is 25.3. The summed E-state index contributed by atoms with van der Waals surface area (Å²) >= 11 is 0. The van der Waals surface area contributed by atoms with Crippen LogP contribution >= 0.6 is 0 Å². The number of rotatable bonds is 9. The first-order chi connectivity index (χ1) is 17.0. The third kappa shape index (κ3) is 6.06. The minimum absolute atomic E-state index is 0.0395. The Morgan fingerprint density at radius 1 is 0.771 bits per heavy atom. The van der Waals surface area contributed by atoms with Gasteiger partial charge in [0, 0.05) is 12.0 Å². The van der Waals surface area contributed by atoms with Crippen LogP contribution in [0.15, 0.2) is 54.6 Å². The SMILES string of the molecule is CCCC1CCC(c2ccc(-c3ccc(-c4cc(F)c(OCCCF)c(F)c4)c(F)c3)cc2)CC1. The number of hydrogen-bond acceptors (Lipinski definition) is 1. The quantitative estimate of drug-likeness (QED) is 0.217. The molecule has 1 aliphatic carbocycles. The van der Waals surface area contributed by atoms with E-state index < -0.39 is 29.9 Å². The Bertz CT molecular complexity index is 1090. The van der Waals surface area contributed by atoms with Gasteiger partial charge in [0.15, 0.2) is 17.4 Å². The third-order valence-corrected chi connectivity index (χ3v) is 7.06. The van der Waals surface area contributed by atoms with Crippen LogP contribution < -0.4 is 4.74 Å². The summed E-state index contributed by atoms with van der Waals surface area (Å²) in [4.78, 5) is 0. The Balaban J connectivity index is 1.48. The molecule has 0 bridgehead atoms. The largest absolute Gasteiger partial charge is 0.488 e. The molecule has 5 heteroatoms. The van der Waals surface area contributed by atoms with Crippen LogP contribution in [0.2, 0.25) is 0 Å². The Kier molecular flexibility index (Phi) is 8.48. The molecule has 4 rings (SSSR count). The second-order valence-electron chi connectivity index (χ2n) is 9.48. The average molecular weight is 485 g/mol. The van der Waals surface area contributed by atoms with Gasteiger partial charge in [-0.2, -0.15) is 0 Å². The Labute approximate surface area is 205 Å². The van der Waals surface area contributed by atoms with Crippen LogP contribution in [0.25, 0.3) is 22.3 Å². The van der Waals surface area contributed by atoms with Gasteiger partial charge in [0.25, 0.3) is 0 Å². The third-order valence-electron chi connectivity index (χ3n) is 7.06. The topological polar surface area (TPSA) is 9.23 Å².